The van der Waals surface area contributed by atoms with Crippen molar-refractivity contribution in [2.75, 3.05) is 55.8 Å². The van der Waals surface area contributed by atoms with E-state index < -0.39 is 10.0 Å². The normalized spacial score (nSPS) is 19.8. The Kier molecular flexibility index (Phi) is 8.83. The number of aromatic nitrogens is 2. The SMILES string of the molecule is COc1ccc(N2C(=S)NC(c3ccccn3)C2c2cc(C)n(CCCN3CCOCC3)c2C)cc1NS(C)(=O)=O. The minimum Gasteiger partial charge on any atom is -0.495 e. The number of benzene rings is 1. The largest absolute Gasteiger partial charge is 0.495 e. The summed E-state index contributed by atoms with van der Waals surface area (Å²) in [5.41, 5.74) is 5.48. The predicted octanol–water partition coefficient (Wildman–Crippen LogP) is 3.78. The van der Waals surface area contributed by atoms with Crippen molar-refractivity contribution in [1.82, 2.24) is 19.8 Å². The molecule has 41 heavy (non-hydrogen) atoms. The highest BCUT2D eigenvalue weighted by Crippen LogP contribution is 2.44. The molecule has 0 aliphatic carbocycles. The number of sulfonamides is 1. The second-order valence-electron chi connectivity index (χ2n) is 10.5. The zero-order valence-corrected chi connectivity index (χ0v) is 25.6. The maximum atomic E-state index is 12.1. The number of anilines is 2. The Morgan fingerprint density at radius 3 is 2.61 bits per heavy atom. The predicted molar refractivity (Wildman–Crippen MR) is 165 cm³/mol. The summed E-state index contributed by atoms with van der Waals surface area (Å²) in [5, 5.41) is 4.04. The Morgan fingerprint density at radius 2 is 1.93 bits per heavy atom. The molecule has 2 aromatic heterocycles. The van der Waals surface area contributed by atoms with Gasteiger partial charge in [-0.3, -0.25) is 14.6 Å². The molecule has 2 N–H and O–H groups in total. The molecule has 220 valence electrons. The lowest BCUT2D eigenvalue weighted by atomic mass is 9.96. The summed E-state index contributed by atoms with van der Waals surface area (Å²) in [6.45, 7) is 9.84. The first-order chi connectivity index (χ1) is 19.7. The van der Waals surface area contributed by atoms with E-state index in [1.165, 1.54) is 18.5 Å². The van der Waals surface area contributed by atoms with Crippen LogP contribution in [0.2, 0.25) is 0 Å². The molecular formula is C29H38N6O4S2. The van der Waals surface area contributed by atoms with E-state index in [2.05, 4.69) is 49.3 Å². The van der Waals surface area contributed by atoms with Gasteiger partial charge in [0.25, 0.3) is 0 Å². The highest BCUT2D eigenvalue weighted by Gasteiger charge is 2.42. The molecule has 0 spiro atoms. The number of methoxy groups -OCH3 is 1. The van der Waals surface area contributed by atoms with Crippen molar-refractivity contribution >= 4 is 38.7 Å². The Balaban J connectivity index is 1.52. The second kappa shape index (κ2) is 12.4. The van der Waals surface area contributed by atoms with Crippen LogP contribution >= 0.6 is 12.2 Å². The van der Waals surface area contributed by atoms with Gasteiger partial charge in [-0.25, -0.2) is 8.42 Å². The topological polar surface area (TPSA) is 101 Å². The molecule has 2 saturated heterocycles. The third-order valence-corrected chi connectivity index (χ3v) is 8.65. The van der Waals surface area contributed by atoms with Crippen LogP contribution < -0.4 is 19.7 Å². The average molecular weight is 599 g/mol. The molecule has 3 aromatic rings. The van der Waals surface area contributed by atoms with Gasteiger partial charge >= 0.3 is 0 Å². The van der Waals surface area contributed by atoms with Gasteiger partial charge < -0.3 is 24.3 Å². The van der Waals surface area contributed by atoms with E-state index in [9.17, 15) is 8.42 Å². The van der Waals surface area contributed by atoms with Crippen LogP contribution in [0.4, 0.5) is 11.4 Å². The third kappa shape index (κ3) is 6.50. The van der Waals surface area contributed by atoms with E-state index in [1.54, 1.807) is 18.3 Å². The molecule has 5 rings (SSSR count). The maximum Gasteiger partial charge on any atom is 0.229 e. The number of rotatable bonds is 10. The number of nitrogens with zero attached hydrogens (tertiary/aromatic N) is 4. The molecule has 4 heterocycles. The Hall–Kier alpha value is -3.19. The van der Waals surface area contributed by atoms with Gasteiger partial charge in [0.2, 0.25) is 10.0 Å². The van der Waals surface area contributed by atoms with Crippen molar-refractivity contribution in [3.05, 3.63) is 71.3 Å². The molecule has 10 nitrogen and oxygen atoms in total. The van der Waals surface area contributed by atoms with E-state index >= 15 is 0 Å². The van der Waals surface area contributed by atoms with Crippen LogP contribution in [0.1, 0.15) is 41.1 Å². The van der Waals surface area contributed by atoms with Crippen molar-refractivity contribution in [3.8, 4) is 5.75 Å². The van der Waals surface area contributed by atoms with Gasteiger partial charge in [-0.15, -0.1) is 0 Å². The lowest BCUT2D eigenvalue weighted by Crippen LogP contribution is -2.37. The minimum atomic E-state index is -3.53. The smallest absolute Gasteiger partial charge is 0.229 e. The fourth-order valence-electron chi connectivity index (χ4n) is 5.82. The van der Waals surface area contributed by atoms with Gasteiger partial charge in [0.15, 0.2) is 5.11 Å². The molecule has 2 atom stereocenters. The highest BCUT2D eigenvalue weighted by molar-refractivity contribution is 7.92. The molecule has 2 fully saturated rings. The van der Waals surface area contributed by atoms with Gasteiger partial charge in [0.1, 0.15) is 5.75 Å². The first-order valence-corrected chi connectivity index (χ1v) is 16.1. The maximum absolute atomic E-state index is 12.1. The quantitative estimate of drug-likeness (QED) is 0.338. The van der Waals surface area contributed by atoms with E-state index in [4.69, 9.17) is 21.7 Å². The fourth-order valence-corrected chi connectivity index (χ4v) is 6.73. The summed E-state index contributed by atoms with van der Waals surface area (Å²) >= 11 is 5.91. The van der Waals surface area contributed by atoms with Gasteiger partial charge in [0, 0.05) is 49.5 Å². The first-order valence-electron chi connectivity index (χ1n) is 13.8. The molecule has 1 aromatic carbocycles. The van der Waals surface area contributed by atoms with E-state index in [0.717, 1.165) is 69.0 Å². The van der Waals surface area contributed by atoms with Crippen LogP contribution in [-0.4, -0.2) is 74.2 Å². The molecule has 0 amide bonds. The van der Waals surface area contributed by atoms with Gasteiger partial charge in [-0.1, -0.05) is 6.07 Å². The number of hydrogen-bond acceptors (Lipinski definition) is 7. The van der Waals surface area contributed by atoms with Gasteiger partial charge in [0.05, 0.1) is 50.0 Å². The van der Waals surface area contributed by atoms with Gasteiger partial charge in [-0.2, -0.15) is 0 Å². The van der Waals surface area contributed by atoms with Crippen molar-refractivity contribution in [3.63, 3.8) is 0 Å². The van der Waals surface area contributed by atoms with Crippen LogP contribution in [0.3, 0.4) is 0 Å². The van der Waals surface area contributed by atoms with Crippen LogP contribution in [0.25, 0.3) is 0 Å². The molecule has 2 aliphatic rings. The molecule has 12 heteroatoms. The first kappa shape index (κ1) is 29.3. The molecule has 2 unspecified atom stereocenters. The fraction of sp³-hybridized carbons (Fsp3) is 0.448. The summed E-state index contributed by atoms with van der Waals surface area (Å²) in [6, 6.07) is 13.1. The van der Waals surface area contributed by atoms with E-state index in [0.29, 0.717) is 16.5 Å². The number of thiocarbonyl (C=S) groups is 1. The lowest BCUT2D eigenvalue weighted by molar-refractivity contribution is 0.0369. The number of nitrogens with one attached hydrogen (secondary N) is 2. The summed E-state index contributed by atoms with van der Waals surface area (Å²) < 4.78 is 40.1. The van der Waals surface area contributed by atoms with Gasteiger partial charge in [-0.05, 0) is 74.4 Å². The number of ether oxygens (including phenoxy) is 2. The number of pyridine rings is 1. The number of hydrogen-bond donors (Lipinski definition) is 2. The number of aryl methyl sites for hydroxylation is 1. The molecule has 0 bridgehead atoms. The Morgan fingerprint density at radius 1 is 1.15 bits per heavy atom. The van der Waals surface area contributed by atoms with E-state index in [1.807, 2.05) is 24.3 Å². The zero-order valence-electron chi connectivity index (χ0n) is 24.0. The van der Waals surface area contributed by atoms with Crippen molar-refractivity contribution in [2.24, 2.45) is 0 Å². The van der Waals surface area contributed by atoms with Crippen LogP contribution in [-0.2, 0) is 21.3 Å². The molecule has 2 aliphatic heterocycles. The monoisotopic (exact) mass is 598 g/mol. The zero-order chi connectivity index (χ0) is 29.1. The molecule has 0 saturated carbocycles. The third-order valence-electron chi connectivity index (χ3n) is 7.75. The second-order valence-corrected chi connectivity index (χ2v) is 12.7. The lowest BCUT2D eigenvalue weighted by Gasteiger charge is -2.29. The van der Waals surface area contributed by atoms with Crippen molar-refractivity contribution in [1.29, 1.82) is 0 Å². The van der Waals surface area contributed by atoms with Crippen LogP contribution in [0.5, 0.6) is 5.75 Å². The highest BCUT2D eigenvalue weighted by atomic mass is 32.2. The van der Waals surface area contributed by atoms with Crippen molar-refractivity contribution < 1.29 is 17.9 Å². The van der Waals surface area contributed by atoms with Crippen LogP contribution in [0, 0.1) is 13.8 Å². The Labute approximate surface area is 247 Å². The van der Waals surface area contributed by atoms with Crippen molar-refractivity contribution in [2.45, 2.75) is 38.9 Å². The summed E-state index contributed by atoms with van der Waals surface area (Å²) in [7, 11) is -2.02. The van der Waals surface area contributed by atoms with Crippen LogP contribution in [0.15, 0.2) is 48.7 Å². The van der Waals surface area contributed by atoms with E-state index in [-0.39, 0.29) is 12.1 Å². The standard InChI is InChI=1S/C29H38N6O4S2/c1-20-18-23(21(2)34(20)13-7-12-33-14-16-39-17-15-33)28-27(24-8-5-6-11-30-24)31-29(40)35(28)22-9-10-26(38-3)25(19-22)32-41(4,36)37/h5-6,8-11,18-19,27-28,32H,7,12-17H2,1-4H3,(H,31,40). The Bertz CT molecular complexity index is 1490. The average Bonchev–Trinajstić information content (AvgIpc) is 3.44. The minimum absolute atomic E-state index is 0.209. The molecule has 0 radical (unpaired) electrons. The number of morpholine rings is 1. The summed E-state index contributed by atoms with van der Waals surface area (Å²) in [5.74, 6) is 0.425. The summed E-state index contributed by atoms with van der Waals surface area (Å²) in [4.78, 5) is 9.19. The molecular weight excluding hydrogens is 560 g/mol. The summed E-state index contributed by atoms with van der Waals surface area (Å²) in [6.07, 6.45) is 3.95.